The highest BCUT2D eigenvalue weighted by atomic mass is 16.8. The van der Waals surface area contributed by atoms with E-state index in [9.17, 15) is 54.9 Å². The minimum absolute atomic E-state index is 0.00225. The molecule has 4 heterocycles. The van der Waals surface area contributed by atoms with Gasteiger partial charge in [-0.1, -0.05) is 29.3 Å². The Morgan fingerprint density at radius 3 is 2.46 bits per heavy atom. The third-order valence-electron chi connectivity index (χ3n) is 11.5. The SMILES string of the molecule is Cc1cc(C)cc(C2=C3N=CC=C3CN2O[C@@H]2[C@@H](Oc3ccc4c(=O)c(-c5ccc(O)cc5)coc4c3)O[C@@H](COC(=O)[C@H](NCCC=O)C(=O)O)[C@@](O)(CO)[C@]2(O)[C@H](O)CCCO)c1. The van der Waals surface area contributed by atoms with E-state index >= 15 is 0 Å². The number of carbonyl (C=O) groups excluding carboxylic acids is 2. The average molecular weight is 900 g/mol. The number of carboxylic acid groups (broad SMARTS) is 1. The summed E-state index contributed by atoms with van der Waals surface area (Å²) in [4.78, 5) is 61.0. The standard InChI is InChI=1S/C46H49N3O16/c1-25-17-26(2)19-29(18-25)39-37-28(12-14-48-37)21-49(39)65-41-44(63-31-10-11-32-34(20-31)61-22-33(40(32)55)27-6-8-30(53)9-7-27)64-36(23-62-43(58)38(42(56)57)47-13-4-16-51)45(59,24-52)46(41,60)35(54)5-3-15-50/h6-12,14,16-20,22,35-36,38,41,44,47,50,52-54,59-60H,3-5,13,15,21,23-24H2,1-2H3,(H,56,57)/t35-,36+,38-,41-,44+,45+,46+/m1/s1. The first-order valence-corrected chi connectivity index (χ1v) is 20.7. The van der Waals surface area contributed by atoms with Crippen molar-refractivity contribution < 1.29 is 73.6 Å². The van der Waals surface area contributed by atoms with Crippen LogP contribution in [-0.4, -0.2) is 140 Å². The smallest absolute Gasteiger partial charge is 0.334 e. The number of hydrogen-bond donors (Lipinski definition) is 8. The molecule has 344 valence electrons. The van der Waals surface area contributed by atoms with Crippen molar-refractivity contribution in [2.24, 2.45) is 4.99 Å². The van der Waals surface area contributed by atoms with E-state index in [1.807, 2.05) is 32.0 Å². The summed E-state index contributed by atoms with van der Waals surface area (Å²) < 4.78 is 23.9. The second kappa shape index (κ2) is 19.4. The van der Waals surface area contributed by atoms with Crippen LogP contribution in [0.4, 0.5) is 0 Å². The molecule has 7 rings (SSSR count). The van der Waals surface area contributed by atoms with Crippen molar-refractivity contribution in [3.8, 4) is 22.6 Å². The van der Waals surface area contributed by atoms with E-state index in [0.29, 0.717) is 34.4 Å². The molecule has 7 atom stereocenters. The summed E-state index contributed by atoms with van der Waals surface area (Å²) in [6, 6.07) is 13.8. The number of aryl methyl sites for hydroxylation is 2. The fourth-order valence-corrected chi connectivity index (χ4v) is 8.30. The molecule has 0 amide bonds. The number of aromatic hydroxyl groups is 1. The normalized spacial score (nSPS) is 23.6. The largest absolute Gasteiger partial charge is 0.508 e. The van der Waals surface area contributed by atoms with Gasteiger partial charge in [0.25, 0.3) is 0 Å². The molecule has 0 saturated carbocycles. The number of aldehydes is 1. The molecule has 3 aliphatic heterocycles. The summed E-state index contributed by atoms with van der Waals surface area (Å²) in [5.41, 5.74) is -1.57. The number of ether oxygens (including phenoxy) is 3. The van der Waals surface area contributed by atoms with Crippen molar-refractivity contribution in [2.75, 3.05) is 32.9 Å². The van der Waals surface area contributed by atoms with Crippen LogP contribution in [0.3, 0.4) is 0 Å². The van der Waals surface area contributed by atoms with E-state index in [-0.39, 0.29) is 60.4 Å². The van der Waals surface area contributed by atoms with Crippen molar-refractivity contribution in [2.45, 2.75) is 75.0 Å². The Kier molecular flexibility index (Phi) is 14.0. The molecule has 19 heteroatoms. The molecule has 1 fully saturated rings. The van der Waals surface area contributed by atoms with Gasteiger partial charge in [0.15, 0.2) is 22.7 Å². The molecule has 0 spiro atoms. The number of aliphatic hydroxyl groups is 5. The number of fused-ring (bicyclic) bond motifs is 2. The maximum Gasteiger partial charge on any atom is 0.334 e. The summed E-state index contributed by atoms with van der Waals surface area (Å²) in [6.45, 7) is 0.774. The summed E-state index contributed by atoms with van der Waals surface area (Å²) >= 11 is 0. The zero-order chi connectivity index (χ0) is 46.6. The lowest BCUT2D eigenvalue weighted by atomic mass is 9.68. The monoisotopic (exact) mass is 899 g/mol. The molecular weight excluding hydrogens is 851 g/mol. The summed E-state index contributed by atoms with van der Waals surface area (Å²) in [5, 5.41) is 81.8. The molecule has 8 N–H and O–H groups in total. The van der Waals surface area contributed by atoms with Crippen LogP contribution in [-0.2, 0) is 28.7 Å². The van der Waals surface area contributed by atoms with E-state index in [1.54, 1.807) is 24.4 Å². The van der Waals surface area contributed by atoms with Crippen molar-refractivity contribution >= 4 is 41.1 Å². The molecule has 1 aromatic heterocycles. The number of aliphatic hydroxyl groups excluding tert-OH is 3. The number of phenolic OH excluding ortho intramolecular Hbond substituents is 1. The lowest BCUT2D eigenvalue weighted by Crippen LogP contribution is -2.81. The van der Waals surface area contributed by atoms with Crippen LogP contribution < -0.4 is 15.5 Å². The van der Waals surface area contributed by atoms with Crippen LogP contribution in [0.25, 0.3) is 27.8 Å². The minimum atomic E-state index is -3.03. The van der Waals surface area contributed by atoms with Gasteiger partial charge < -0.3 is 59.2 Å². The first kappa shape index (κ1) is 46.7. The lowest BCUT2D eigenvalue weighted by Gasteiger charge is -2.57. The molecule has 4 aromatic rings. The highest BCUT2D eigenvalue weighted by molar-refractivity contribution is 5.98. The number of carboxylic acids is 1. The third kappa shape index (κ3) is 9.18. The van der Waals surface area contributed by atoms with Crippen molar-refractivity contribution in [3.05, 3.63) is 111 Å². The van der Waals surface area contributed by atoms with Gasteiger partial charge in [0.1, 0.15) is 42.3 Å². The number of benzene rings is 3. The van der Waals surface area contributed by atoms with Gasteiger partial charge in [-0.3, -0.25) is 19.9 Å². The fraction of sp³-hybridized carbons (Fsp3) is 0.370. The van der Waals surface area contributed by atoms with E-state index in [4.69, 9.17) is 23.5 Å². The molecule has 3 aromatic carbocycles. The van der Waals surface area contributed by atoms with Crippen LogP contribution in [0.15, 0.2) is 98.5 Å². The number of hydroxylamine groups is 2. The van der Waals surface area contributed by atoms with Crippen LogP contribution in [0.1, 0.15) is 36.0 Å². The number of esters is 1. The van der Waals surface area contributed by atoms with Crippen molar-refractivity contribution in [1.82, 2.24) is 10.4 Å². The van der Waals surface area contributed by atoms with E-state index in [1.165, 1.54) is 41.7 Å². The molecule has 0 radical (unpaired) electrons. The number of nitrogens with one attached hydrogen (secondary N) is 1. The van der Waals surface area contributed by atoms with E-state index in [2.05, 4.69) is 10.3 Å². The van der Waals surface area contributed by atoms with Gasteiger partial charge in [0.05, 0.1) is 41.6 Å². The van der Waals surface area contributed by atoms with Gasteiger partial charge in [-0.2, -0.15) is 0 Å². The third-order valence-corrected chi connectivity index (χ3v) is 11.5. The zero-order valence-electron chi connectivity index (χ0n) is 35.3. The van der Waals surface area contributed by atoms with Crippen molar-refractivity contribution in [1.29, 1.82) is 0 Å². The zero-order valence-corrected chi connectivity index (χ0v) is 35.3. The molecule has 19 nitrogen and oxygen atoms in total. The lowest BCUT2D eigenvalue weighted by molar-refractivity contribution is -0.402. The molecule has 3 aliphatic rings. The Morgan fingerprint density at radius 1 is 1.05 bits per heavy atom. The predicted molar refractivity (Wildman–Crippen MR) is 230 cm³/mol. The first-order valence-electron chi connectivity index (χ1n) is 20.7. The maximum atomic E-state index is 13.7. The quantitative estimate of drug-likeness (QED) is 0.0287. The summed E-state index contributed by atoms with van der Waals surface area (Å²) in [7, 11) is 0. The second-order valence-electron chi connectivity index (χ2n) is 16.0. The Morgan fingerprint density at radius 2 is 1.78 bits per heavy atom. The summed E-state index contributed by atoms with van der Waals surface area (Å²) in [6.07, 6.45) is -3.45. The van der Waals surface area contributed by atoms with E-state index < -0.39 is 79.0 Å². The van der Waals surface area contributed by atoms with Crippen LogP contribution >= 0.6 is 0 Å². The van der Waals surface area contributed by atoms with E-state index in [0.717, 1.165) is 11.1 Å². The van der Waals surface area contributed by atoms with Gasteiger partial charge in [0, 0.05) is 43.0 Å². The number of aliphatic carboxylic acids is 1. The Bertz CT molecular complexity index is 2570. The predicted octanol–water partition coefficient (Wildman–Crippen LogP) is 1.64. The minimum Gasteiger partial charge on any atom is -0.508 e. The van der Waals surface area contributed by atoms with Gasteiger partial charge in [0.2, 0.25) is 12.3 Å². The number of aliphatic imine (C=N–C) groups is 1. The molecule has 0 unspecified atom stereocenters. The maximum absolute atomic E-state index is 13.7. The molecule has 1 saturated heterocycles. The fourth-order valence-electron chi connectivity index (χ4n) is 8.30. The van der Waals surface area contributed by atoms with Crippen molar-refractivity contribution in [3.63, 3.8) is 0 Å². The second-order valence-corrected chi connectivity index (χ2v) is 16.0. The van der Waals surface area contributed by atoms with Gasteiger partial charge >= 0.3 is 11.9 Å². The topological polar surface area (TPSA) is 288 Å². The number of hydrogen-bond acceptors (Lipinski definition) is 18. The Hall–Kier alpha value is -6.29. The van der Waals surface area contributed by atoms with Gasteiger partial charge in [-0.05, 0) is 74.7 Å². The molecule has 0 aliphatic carbocycles. The number of rotatable bonds is 19. The average Bonchev–Trinajstić information content (AvgIpc) is 3.87. The number of nitrogens with zero attached hydrogens (tertiary/aromatic N) is 2. The first-order chi connectivity index (χ1) is 31.1. The molecule has 0 bridgehead atoms. The number of carbonyl (C=O) groups is 3. The summed E-state index contributed by atoms with van der Waals surface area (Å²) in [5.74, 6) is -3.10. The highest BCUT2D eigenvalue weighted by Gasteiger charge is 2.70. The highest BCUT2D eigenvalue weighted by Crippen LogP contribution is 2.47. The molecular formula is C46H49N3O16. The van der Waals surface area contributed by atoms with Crippen LogP contribution in [0.2, 0.25) is 0 Å². The number of allylic oxidation sites excluding steroid dienone is 1. The van der Waals surface area contributed by atoms with Gasteiger partial charge in [-0.15, -0.1) is 0 Å². The van der Waals surface area contributed by atoms with Crippen LogP contribution in [0, 0.1) is 13.8 Å². The Balaban J connectivity index is 1.32. The Labute approximate surface area is 371 Å². The van der Waals surface area contributed by atoms with Crippen LogP contribution in [0.5, 0.6) is 11.5 Å². The number of phenols is 1. The molecule has 65 heavy (non-hydrogen) atoms. The van der Waals surface area contributed by atoms with Gasteiger partial charge in [-0.25, -0.2) is 14.7 Å².